The number of aliphatic hydroxyl groups excluding tert-OH is 2. The number of nitrogens with zero attached hydrogens (tertiary/aromatic N) is 1. The molecule has 0 bridgehead atoms. The summed E-state index contributed by atoms with van der Waals surface area (Å²) in [5.74, 6) is 0. The maximum absolute atomic E-state index is 12.2. The third-order valence-corrected chi connectivity index (χ3v) is 2.67. The van der Waals surface area contributed by atoms with E-state index in [-0.39, 0.29) is 25.7 Å². The summed E-state index contributed by atoms with van der Waals surface area (Å²) in [4.78, 5) is 1.49. The van der Waals surface area contributed by atoms with Crippen LogP contribution in [0, 0.1) is 0 Å². The van der Waals surface area contributed by atoms with Crippen LogP contribution in [-0.4, -0.2) is 53.4 Å². The third kappa shape index (κ3) is 3.15. The van der Waals surface area contributed by atoms with Crippen molar-refractivity contribution >= 4 is 0 Å². The summed E-state index contributed by atoms with van der Waals surface area (Å²) in [6.45, 7) is -0.287. The first kappa shape index (κ1) is 11.8. The van der Waals surface area contributed by atoms with Crippen LogP contribution in [0.25, 0.3) is 0 Å². The molecule has 0 aliphatic heterocycles. The molecule has 0 radical (unpaired) electrons. The first-order valence-electron chi connectivity index (χ1n) is 4.96. The van der Waals surface area contributed by atoms with Crippen LogP contribution in [0.15, 0.2) is 0 Å². The molecule has 0 unspecified atom stereocenters. The second-order valence-electron chi connectivity index (χ2n) is 3.68. The second-order valence-corrected chi connectivity index (χ2v) is 3.68. The second kappa shape index (κ2) is 5.58. The quantitative estimate of drug-likeness (QED) is 0.691. The fourth-order valence-electron chi connectivity index (χ4n) is 2.05. The van der Waals surface area contributed by atoms with Crippen LogP contribution in [0.4, 0.5) is 8.78 Å². The van der Waals surface area contributed by atoms with E-state index in [9.17, 15) is 13.9 Å². The van der Waals surface area contributed by atoms with Gasteiger partial charge in [0.2, 0.25) is 0 Å². The highest BCUT2D eigenvalue weighted by molar-refractivity contribution is 4.85. The van der Waals surface area contributed by atoms with Crippen LogP contribution in [0.3, 0.4) is 0 Å². The molecule has 0 heterocycles. The van der Waals surface area contributed by atoms with Crippen LogP contribution in [0.1, 0.15) is 19.3 Å². The van der Waals surface area contributed by atoms with Crippen molar-refractivity contribution in [2.75, 3.05) is 19.7 Å². The summed E-state index contributed by atoms with van der Waals surface area (Å²) in [5.41, 5.74) is 0. The molecule has 1 saturated carbocycles. The van der Waals surface area contributed by atoms with Crippen LogP contribution >= 0.6 is 0 Å². The van der Waals surface area contributed by atoms with E-state index in [1.54, 1.807) is 0 Å². The number of hydrogen-bond acceptors (Lipinski definition) is 3. The summed E-state index contributed by atoms with van der Waals surface area (Å²) < 4.78 is 24.4. The van der Waals surface area contributed by atoms with E-state index in [1.807, 2.05) is 0 Å². The molecule has 5 heteroatoms. The highest BCUT2D eigenvalue weighted by Crippen LogP contribution is 2.24. The molecule has 14 heavy (non-hydrogen) atoms. The summed E-state index contributed by atoms with van der Waals surface area (Å²) >= 11 is 0. The average molecular weight is 209 g/mol. The summed E-state index contributed by atoms with van der Waals surface area (Å²) in [7, 11) is 0. The largest absolute Gasteiger partial charge is 0.395 e. The number of rotatable bonds is 5. The minimum absolute atomic E-state index is 0.143. The summed E-state index contributed by atoms with van der Waals surface area (Å²) in [5, 5.41) is 18.3. The van der Waals surface area contributed by atoms with E-state index in [4.69, 9.17) is 5.11 Å². The lowest BCUT2D eigenvalue weighted by atomic mass is 10.2. The van der Waals surface area contributed by atoms with E-state index in [1.165, 1.54) is 4.90 Å². The monoisotopic (exact) mass is 209 g/mol. The van der Waals surface area contributed by atoms with Gasteiger partial charge in [-0.3, -0.25) is 4.90 Å². The summed E-state index contributed by atoms with van der Waals surface area (Å²) in [6.07, 6.45) is -0.629. The van der Waals surface area contributed by atoms with Gasteiger partial charge in [-0.1, -0.05) is 0 Å². The molecule has 2 atom stereocenters. The molecule has 0 spiro atoms. The van der Waals surface area contributed by atoms with Crippen molar-refractivity contribution < 1.29 is 19.0 Å². The molecule has 1 aliphatic carbocycles. The zero-order chi connectivity index (χ0) is 10.6. The number of hydrogen-bond donors (Lipinski definition) is 2. The van der Waals surface area contributed by atoms with Gasteiger partial charge in [0, 0.05) is 12.6 Å². The Morgan fingerprint density at radius 2 is 2.07 bits per heavy atom. The Morgan fingerprint density at radius 1 is 1.36 bits per heavy atom. The molecule has 3 nitrogen and oxygen atoms in total. The molecule has 0 aromatic rings. The Balaban J connectivity index is 2.47. The van der Waals surface area contributed by atoms with Gasteiger partial charge in [0.15, 0.2) is 0 Å². The molecule has 0 amide bonds. The first-order valence-corrected chi connectivity index (χ1v) is 4.96. The van der Waals surface area contributed by atoms with Crippen LogP contribution < -0.4 is 0 Å². The molecule has 0 saturated heterocycles. The molecule has 2 N–H and O–H groups in total. The lowest BCUT2D eigenvalue weighted by Gasteiger charge is -2.29. The van der Waals surface area contributed by atoms with Gasteiger partial charge in [-0.2, -0.15) is 0 Å². The minimum Gasteiger partial charge on any atom is -0.395 e. The van der Waals surface area contributed by atoms with Crippen molar-refractivity contribution in [1.82, 2.24) is 4.90 Å². The van der Waals surface area contributed by atoms with Crippen LogP contribution in [0.2, 0.25) is 0 Å². The number of alkyl halides is 2. The Morgan fingerprint density at radius 3 is 2.50 bits per heavy atom. The zero-order valence-corrected chi connectivity index (χ0v) is 8.07. The Kier molecular flexibility index (Phi) is 4.71. The molecule has 1 fully saturated rings. The van der Waals surface area contributed by atoms with Crippen molar-refractivity contribution in [3.63, 3.8) is 0 Å². The van der Waals surface area contributed by atoms with Crippen molar-refractivity contribution in [2.45, 2.75) is 37.8 Å². The van der Waals surface area contributed by atoms with Crippen LogP contribution in [-0.2, 0) is 0 Å². The highest BCUT2D eigenvalue weighted by Gasteiger charge is 2.31. The van der Waals surface area contributed by atoms with Gasteiger partial charge in [0.1, 0.15) is 0 Å². The lowest BCUT2D eigenvalue weighted by molar-refractivity contribution is 0.0161. The van der Waals surface area contributed by atoms with E-state index in [2.05, 4.69) is 0 Å². The van der Waals surface area contributed by atoms with Gasteiger partial charge in [0.05, 0.1) is 19.3 Å². The highest BCUT2D eigenvalue weighted by atomic mass is 19.3. The summed E-state index contributed by atoms with van der Waals surface area (Å²) in [6, 6.07) is -0.198. The Labute approximate surface area is 82.3 Å². The molecule has 0 aromatic carbocycles. The van der Waals surface area contributed by atoms with Gasteiger partial charge < -0.3 is 10.2 Å². The van der Waals surface area contributed by atoms with Gasteiger partial charge in [-0.05, 0) is 19.3 Å². The predicted octanol–water partition coefficient (Wildman–Crippen LogP) is 0.459. The van der Waals surface area contributed by atoms with E-state index in [0.29, 0.717) is 6.42 Å². The van der Waals surface area contributed by atoms with Gasteiger partial charge in [-0.15, -0.1) is 0 Å². The van der Waals surface area contributed by atoms with Gasteiger partial charge in [0.25, 0.3) is 6.43 Å². The fraction of sp³-hybridized carbons (Fsp3) is 1.00. The SMILES string of the molecule is OCCN(CC(F)F)[C@H]1CCC[C@@H]1O. The van der Waals surface area contributed by atoms with Crippen molar-refractivity contribution in [1.29, 1.82) is 0 Å². The molecule has 1 rings (SSSR count). The standard InChI is InChI=1S/C9H17F2NO2/c10-9(11)6-12(4-5-13)7-2-1-3-8(7)14/h7-9,13-14H,1-6H2/t7-,8-/m0/s1. The topological polar surface area (TPSA) is 43.7 Å². The van der Waals surface area contributed by atoms with E-state index < -0.39 is 12.5 Å². The maximum atomic E-state index is 12.2. The minimum atomic E-state index is -2.41. The molecule has 84 valence electrons. The van der Waals surface area contributed by atoms with E-state index in [0.717, 1.165) is 12.8 Å². The Hall–Kier alpha value is -0.260. The molecular weight excluding hydrogens is 192 g/mol. The zero-order valence-electron chi connectivity index (χ0n) is 8.07. The lowest BCUT2D eigenvalue weighted by Crippen LogP contribution is -2.44. The smallest absolute Gasteiger partial charge is 0.251 e. The molecule has 0 aromatic heterocycles. The van der Waals surface area contributed by atoms with Crippen LogP contribution in [0.5, 0.6) is 0 Å². The molecular formula is C9H17F2NO2. The van der Waals surface area contributed by atoms with Crippen molar-refractivity contribution in [3.8, 4) is 0 Å². The van der Waals surface area contributed by atoms with Crippen molar-refractivity contribution in [3.05, 3.63) is 0 Å². The Bertz CT molecular complexity index is 169. The average Bonchev–Trinajstić information content (AvgIpc) is 2.50. The predicted molar refractivity (Wildman–Crippen MR) is 48.3 cm³/mol. The van der Waals surface area contributed by atoms with E-state index >= 15 is 0 Å². The third-order valence-electron chi connectivity index (χ3n) is 2.67. The maximum Gasteiger partial charge on any atom is 0.251 e. The van der Waals surface area contributed by atoms with Crippen molar-refractivity contribution in [2.24, 2.45) is 0 Å². The number of halogens is 2. The normalized spacial score (nSPS) is 27.9. The first-order chi connectivity index (χ1) is 6.65. The molecule has 1 aliphatic rings. The fourth-order valence-corrected chi connectivity index (χ4v) is 2.05. The number of aliphatic hydroxyl groups is 2. The van der Waals surface area contributed by atoms with Gasteiger partial charge >= 0.3 is 0 Å². The van der Waals surface area contributed by atoms with Gasteiger partial charge in [-0.25, -0.2) is 8.78 Å².